The van der Waals surface area contributed by atoms with Gasteiger partial charge in [0, 0.05) is 0 Å². The smallest absolute Gasteiger partial charge is 0.337 e. The molecular weight excluding hydrogens is 339 g/mol. The molecule has 0 atom stereocenters. The first-order chi connectivity index (χ1) is 9.79. The number of hydrogen-bond donors (Lipinski definition) is 2. The van der Waals surface area contributed by atoms with Crippen molar-refractivity contribution in [3.8, 4) is 0 Å². The van der Waals surface area contributed by atoms with Gasteiger partial charge in [0.25, 0.3) is 10.0 Å². The van der Waals surface area contributed by atoms with Crippen molar-refractivity contribution in [1.82, 2.24) is 4.98 Å². The fourth-order valence-electron chi connectivity index (χ4n) is 1.49. The average Bonchev–Trinajstić information content (AvgIpc) is 2.41. The van der Waals surface area contributed by atoms with E-state index < -0.39 is 16.0 Å². The molecule has 1 aromatic heterocycles. The van der Waals surface area contributed by atoms with Gasteiger partial charge in [-0.1, -0.05) is 23.2 Å². The summed E-state index contributed by atoms with van der Waals surface area (Å²) in [5.74, 6) is -1.31. The monoisotopic (exact) mass is 346 g/mol. The zero-order valence-corrected chi connectivity index (χ0v) is 12.6. The quantitative estimate of drug-likeness (QED) is 0.829. The van der Waals surface area contributed by atoms with Crippen LogP contribution in [0.3, 0.4) is 0 Å². The van der Waals surface area contributed by atoms with Gasteiger partial charge in [-0.3, -0.25) is 4.72 Å². The van der Waals surface area contributed by atoms with E-state index in [0.717, 1.165) is 6.07 Å². The number of nitrogens with zero attached hydrogens (tertiary/aromatic N) is 1. The van der Waals surface area contributed by atoms with E-state index in [2.05, 4.69) is 9.71 Å². The maximum atomic E-state index is 12.2. The topological polar surface area (TPSA) is 96.4 Å². The number of hydrogen-bond acceptors (Lipinski definition) is 4. The van der Waals surface area contributed by atoms with Crippen molar-refractivity contribution in [2.45, 2.75) is 4.90 Å². The van der Waals surface area contributed by atoms with E-state index in [4.69, 9.17) is 28.3 Å². The maximum absolute atomic E-state index is 12.2. The van der Waals surface area contributed by atoms with Crippen molar-refractivity contribution < 1.29 is 18.3 Å². The molecule has 0 saturated carbocycles. The molecule has 1 aromatic carbocycles. The van der Waals surface area contributed by atoms with Crippen LogP contribution in [0.15, 0.2) is 41.4 Å². The molecule has 0 spiro atoms. The highest BCUT2D eigenvalue weighted by atomic mass is 35.5. The van der Waals surface area contributed by atoms with Crippen molar-refractivity contribution in [3.05, 3.63) is 52.3 Å². The summed E-state index contributed by atoms with van der Waals surface area (Å²) < 4.78 is 26.6. The van der Waals surface area contributed by atoms with Gasteiger partial charge in [-0.15, -0.1) is 0 Å². The van der Waals surface area contributed by atoms with E-state index >= 15 is 0 Å². The molecule has 110 valence electrons. The highest BCUT2D eigenvalue weighted by Crippen LogP contribution is 2.22. The zero-order chi connectivity index (χ0) is 15.6. The highest BCUT2D eigenvalue weighted by molar-refractivity contribution is 7.92. The predicted octanol–water partition coefficient (Wildman–Crippen LogP) is 2.89. The van der Waals surface area contributed by atoms with Crippen molar-refractivity contribution in [2.75, 3.05) is 4.72 Å². The summed E-state index contributed by atoms with van der Waals surface area (Å²) in [5, 5.41) is 9.13. The third-order valence-corrected chi connectivity index (χ3v) is 4.39. The van der Waals surface area contributed by atoms with Crippen LogP contribution in [-0.4, -0.2) is 24.5 Å². The van der Waals surface area contributed by atoms with Crippen molar-refractivity contribution >= 4 is 44.9 Å². The Balaban J connectivity index is 2.38. The van der Waals surface area contributed by atoms with Crippen LogP contribution in [0, 0.1) is 0 Å². The number of halogens is 2. The molecule has 9 heteroatoms. The Morgan fingerprint density at radius 2 is 1.90 bits per heavy atom. The molecule has 0 amide bonds. The Bertz CT molecular complexity index is 791. The fraction of sp³-hybridized carbons (Fsp3) is 0. The Labute approximate surface area is 130 Å². The molecule has 0 saturated heterocycles. The number of carboxylic acids is 1. The molecule has 1 heterocycles. The molecule has 2 N–H and O–H groups in total. The van der Waals surface area contributed by atoms with Crippen LogP contribution >= 0.6 is 23.2 Å². The van der Waals surface area contributed by atoms with Crippen LogP contribution in [0.5, 0.6) is 0 Å². The average molecular weight is 347 g/mol. The summed E-state index contributed by atoms with van der Waals surface area (Å²) in [6, 6.07) is 6.25. The molecule has 0 radical (unpaired) electrons. The lowest BCUT2D eigenvalue weighted by atomic mass is 10.2. The molecule has 0 fully saturated rings. The summed E-state index contributed by atoms with van der Waals surface area (Å²) in [6.45, 7) is 0. The number of aromatic nitrogens is 1. The summed E-state index contributed by atoms with van der Waals surface area (Å²) in [6.07, 6.45) is 1.24. The van der Waals surface area contributed by atoms with Gasteiger partial charge in [0.2, 0.25) is 0 Å². The van der Waals surface area contributed by atoms with Crippen LogP contribution < -0.4 is 4.72 Å². The third-order valence-electron chi connectivity index (χ3n) is 2.46. The molecule has 2 rings (SSSR count). The molecule has 0 unspecified atom stereocenters. The number of aromatic carboxylic acids is 1. The lowest BCUT2D eigenvalue weighted by Gasteiger charge is -2.09. The van der Waals surface area contributed by atoms with Gasteiger partial charge in [0.1, 0.15) is 5.15 Å². The number of carboxylic acid groups (broad SMARTS) is 1. The lowest BCUT2D eigenvalue weighted by Crippen LogP contribution is -2.14. The van der Waals surface area contributed by atoms with Gasteiger partial charge in [-0.05, 0) is 30.3 Å². The number of pyridine rings is 1. The Hall–Kier alpha value is -1.83. The van der Waals surface area contributed by atoms with Crippen molar-refractivity contribution in [3.63, 3.8) is 0 Å². The van der Waals surface area contributed by atoms with Gasteiger partial charge in [-0.25, -0.2) is 18.2 Å². The summed E-state index contributed by atoms with van der Waals surface area (Å²) in [4.78, 5) is 14.5. The Morgan fingerprint density at radius 3 is 2.48 bits per heavy atom. The zero-order valence-electron chi connectivity index (χ0n) is 10.2. The van der Waals surface area contributed by atoms with Crippen LogP contribution in [0.1, 0.15) is 10.4 Å². The first-order valence-electron chi connectivity index (χ1n) is 5.47. The number of sulfonamides is 1. The van der Waals surface area contributed by atoms with E-state index in [0.29, 0.717) is 0 Å². The SMILES string of the molecule is O=C(O)c1cc(S(=O)(=O)Nc2ccc(Cl)nc2)ccc1Cl. The van der Waals surface area contributed by atoms with Crippen molar-refractivity contribution in [1.29, 1.82) is 0 Å². The second kappa shape index (κ2) is 5.88. The molecule has 0 bridgehead atoms. The van der Waals surface area contributed by atoms with Crippen LogP contribution in [0.2, 0.25) is 10.2 Å². The number of carbonyl (C=O) groups is 1. The second-order valence-corrected chi connectivity index (χ2v) is 6.40. The normalized spacial score (nSPS) is 11.1. The van der Waals surface area contributed by atoms with E-state index in [1.54, 1.807) is 0 Å². The molecule has 2 aromatic rings. The first-order valence-corrected chi connectivity index (χ1v) is 7.71. The lowest BCUT2D eigenvalue weighted by molar-refractivity contribution is 0.0697. The molecule has 0 aliphatic carbocycles. The molecular formula is C12H8Cl2N2O4S. The fourth-order valence-corrected chi connectivity index (χ4v) is 2.86. The van der Waals surface area contributed by atoms with E-state index in [-0.39, 0.29) is 26.3 Å². The summed E-state index contributed by atoms with van der Waals surface area (Å²) in [5.41, 5.74) is -0.0972. The van der Waals surface area contributed by atoms with Crippen LogP contribution in [0.4, 0.5) is 5.69 Å². The minimum absolute atomic E-state index is 0.0467. The molecule has 21 heavy (non-hydrogen) atoms. The number of nitrogens with one attached hydrogen (secondary N) is 1. The number of anilines is 1. The van der Waals surface area contributed by atoms with E-state index in [9.17, 15) is 13.2 Å². The Kier molecular flexibility index (Phi) is 4.36. The third kappa shape index (κ3) is 3.63. The standard InChI is InChI=1S/C12H8Cl2N2O4S/c13-10-3-2-8(5-9(10)12(17)18)21(19,20)16-7-1-4-11(14)15-6-7/h1-6,16H,(H,17,18). The molecule has 0 aliphatic heterocycles. The van der Waals surface area contributed by atoms with Gasteiger partial charge in [-0.2, -0.15) is 0 Å². The van der Waals surface area contributed by atoms with Gasteiger partial charge < -0.3 is 5.11 Å². The largest absolute Gasteiger partial charge is 0.478 e. The van der Waals surface area contributed by atoms with Gasteiger partial charge in [0.05, 0.1) is 27.4 Å². The minimum Gasteiger partial charge on any atom is -0.478 e. The summed E-state index contributed by atoms with van der Waals surface area (Å²) in [7, 11) is -3.95. The van der Waals surface area contributed by atoms with Gasteiger partial charge in [0.15, 0.2) is 0 Å². The summed E-state index contributed by atoms with van der Waals surface area (Å²) >= 11 is 11.3. The van der Waals surface area contributed by atoms with Crippen LogP contribution in [0.25, 0.3) is 0 Å². The van der Waals surface area contributed by atoms with E-state index in [1.165, 1.54) is 30.5 Å². The molecule has 0 aliphatic rings. The van der Waals surface area contributed by atoms with Crippen LogP contribution in [-0.2, 0) is 10.0 Å². The highest BCUT2D eigenvalue weighted by Gasteiger charge is 2.18. The van der Waals surface area contributed by atoms with E-state index in [1.807, 2.05) is 0 Å². The number of rotatable bonds is 4. The second-order valence-electron chi connectivity index (χ2n) is 3.92. The maximum Gasteiger partial charge on any atom is 0.337 e. The first kappa shape index (κ1) is 15.6. The minimum atomic E-state index is -3.95. The molecule has 6 nitrogen and oxygen atoms in total. The van der Waals surface area contributed by atoms with Crippen molar-refractivity contribution in [2.24, 2.45) is 0 Å². The Morgan fingerprint density at radius 1 is 1.19 bits per heavy atom. The van der Waals surface area contributed by atoms with Gasteiger partial charge >= 0.3 is 5.97 Å². The predicted molar refractivity (Wildman–Crippen MR) is 78.5 cm³/mol. The number of benzene rings is 1.